The van der Waals surface area contributed by atoms with E-state index < -0.39 is 29.6 Å². The van der Waals surface area contributed by atoms with Gasteiger partial charge in [0.25, 0.3) is 0 Å². The van der Waals surface area contributed by atoms with Gasteiger partial charge in [0.15, 0.2) is 0 Å². The molecule has 0 N–H and O–H groups in total. The number of halogens is 7. The van der Waals surface area contributed by atoms with Crippen molar-refractivity contribution in [3.05, 3.63) is 47.5 Å². The van der Waals surface area contributed by atoms with Crippen LogP contribution in [0.5, 0.6) is 0 Å². The molecule has 0 saturated carbocycles. The quantitative estimate of drug-likeness (QED) is 0.456. The number of hydrogen-bond donors (Lipinski definition) is 0. The van der Waals surface area contributed by atoms with Gasteiger partial charge >= 0.3 is 24.0 Å². The number of esters is 1. The van der Waals surface area contributed by atoms with Crippen molar-refractivity contribution in [2.24, 2.45) is 0 Å². The molecule has 0 radical (unpaired) electrons. The summed E-state index contributed by atoms with van der Waals surface area (Å²) >= 11 is 0. The average molecular weight is 344 g/mol. The Kier molecular flexibility index (Phi) is 5.44. The lowest BCUT2D eigenvalue weighted by atomic mass is 9.95. The maximum Gasteiger partial charge on any atom is 0.435 e. The zero-order valence-electron chi connectivity index (χ0n) is 11.6. The number of hydrogen-bond acceptors (Lipinski definition) is 2. The molecule has 1 aromatic rings. The SMILES string of the molecule is C/C(=C\C(=O)OCc1ccccc1)C(F)(C(F)(F)F)C(F)(F)F. The molecule has 0 spiro atoms. The van der Waals surface area contributed by atoms with Crippen LogP contribution >= 0.6 is 0 Å². The van der Waals surface area contributed by atoms with Crippen LogP contribution in [0.15, 0.2) is 42.0 Å². The Bertz CT molecular complexity index is 559. The van der Waals surface area contributed by atoms with Crippen LogP contribution in [-0.2, 0) is 16.1 Å². The number of carbonyl (C=O) groups excluding carboxylic acids is 1. The predicted octanol–water partition coefficient (Wildman–Crippen LogP) is 4.51. The lowest BCUT2D eigenvalue weighted by Crippen LogP contribution is -2.54. The highest BCUT2D eigenvalue weighted by molar-refractivity contribution is 5.83. The van der Waals surface area contributed by atoms with Crippen LogP contribution in [0.3, 0.4) is 0 Å². The number of carbonyl (C=O) groups is 1. The molecule has 0 fully saturated rings. The summed E-state index contributed by atoms with van der Waals surface area (Å²) in [4.78, 5) is 11.3. The minimum absolute atomic E-state index is 0.149. The van der Waals surface area contributed by atoms with E-state index in [1.807, 2.05) is 0 Å². The second-order valence-electron chi connectivity index (χ2n) is 4.57. The predicted molar refractivity (Wildman–Crippen MR) is 65.9 cm³/mol. The Morgan fingerprint density at radius 3 is 1.91 bits per heavy atom. The molecule has 2 nitrogen and oxygen atoms in total. The third-order valence-corrected chi connectivity index (χ3v) is 2.88. The van der Waals surface area contributed by atoms with Gasteiger partial charge < -0.3 is 4.74 Å². The van der Waals surface area contributed by atoms with Gasteiger partial charge in [0.05, 0.1) is 0 Å². The van der Waals surface area contributed by atoms with Crippen molar-refractivity contribution in [2.75, 3.05) is 0 Å². The summed E-state index contributed by atoms with van der Waals surface area (Å²) in [6.07, 6.45) is -12.7. The van der Waals surface area contributed by atoms with Crippen molar-refractivity contribution in [1.29, 1.82) is 0 Å². The standard InChI is InChI=1S/C14H11F7O2/c1-9(12(15,13(16,17)18)14(19,20)21)7-11(22)23-8-10-5-3-2-4-6-10/h2-7H,8H2,1H3/b9-7+. The molecule has 0 aliphatic carbocycles. The van der Waals surface area contributed by atoms with Crippen LogP contribution in [0.1, 0.15) is 12.5 Å². The summed E-state index contributed by atoms with van der Waals surface area (Å²) < 4.78 is 92.9. The van der Waals surface area contributed by atoms with Gasteiger partial charge in [-0.25, -0.2) is 9.18 Å². The fourth-order valence-corrected chi connectivity index (χ4v) is 1.65. The van der Waals surface area contributed by atoms with E-state index in [4.69, 9.17) is 0 Å². The summed E-state index contributed by atoms with van der Waals surface area (Å²) in [5.74, 6) is -1.51. The van der Waals surface area contributed by atoms with Gasteiger partial charge in [-0.2, -0.15) is 26.3 Å². The molecule has 0 aliphatic heterocycles. The Hall–Kier alpha value is -2.06. The van der Waals surface area contributed by atoms with Crippen LogP contribution in [0, 0.1) is 0 Å². The van der Waals surface area contributed by atoms with Crippen LogP contribution < -0.4 is 0 Å². The Balaban J connectivity index is 2.94. The molecule has 0 saturated heterocycles. The van der Waals surface area contributed by atoms with Crippen LogP contribution in [0.25, 0.3) is 0 Å². The molecule has 128 valence electrons. The van der Waals surface area contributed by atoms with Crippen molar-refractivity contribution in [2.45, 2.75) is 31.6 Å². The van der Waals surface area contributed by atoms with Gasteiger partial charge in [0.2, 0.25) is 0 Å². The highest BCUT2D eigenvalue weighted by Crippen LogP contribution is 2.50. The van der Waals surface area contributed by atoms with E-state index in [2.05, 4.69) is 4.74 Å². The largest absolute Gasteiger partial charge is 0.458 e. The number of alkyl halides is 7. The lowest BCUT2D eigenvalue weighted by molar-refractivity contribution is -0.326. The summed E-state index contributed by atoms with van der Waals surface area (Å²) in [6.45, 7) is -0.147. The number of ether oxygens (including phenoxy) is 1. The van der Waals surface area contributed by atoms with Crippen molar-refractivity contribution in [1.82, 2.24) is 0 Å². The van der Waals surface area contributed by atoms with Crippen LogP contribution in [0.2, 0.25) is 0 Å². The van der Waals surface area contributed by atoms with Crippen molar-refractivity contribution in [3.8, 4) is 0 Å². The second-order valence-corrected chi connectivity index (χ2v) is 4.57. The van der Waals surface area contributed by atoms with Crippen LogP contribution in [-0.4, -0.2) is 24.0 Å². The first-order valence-electron chi connectivity index (χ1n) is 6.11. The number of rotatable bonds is 4. The Labute approximate surface area is 126 Å². The molecule has 1 aromatic carbocycles. The van der Waals surface area contributed by atoms with E-state index in [-0.39, 0.29) is 19.6 Å². The number of allylic oxidation sites excluding steroid dienone is 1. The third kappa shape index (κ3) is 4.23. The topological polar surface area (TPSA) is 26.3 Å². The summed E-state index contributed by atoms with van der Waals surface area (Å²) in [5.41, 5.74) is -7.01. The molecule has 9 heteroatoms. The molecule has 0 heterocycles. The Morgan fingerprint density at radius 2 is 1.48 bits per heavy atom. The van der Waals surface area contributed by atoms with E-state index in [0.29, 0.717) is 5.56 Å². The summed E-state index contributed by atoms with van der Waals surface area (Å²) in [5, 5.41) is 0. The summed E-state index contributed by atoms with van der Waals surface area (Å²) in [6, 6.07) is 7.87. The highest BCUT2D eigenvalue weighted by atomic mass is 19.4. The summed E-state index contributed by atoms with van der Waals surface area (Å²) in [7, 11) is 0. The molecule has 0 amide bonds. The zero-order chi connectivity index (χ0) is 17.9. The van der Waals surface area contributed by atoms with E-state index in [1.165, 1.54) is 12.1 Å². The highest BCUT2D eigenvalue weighted by Gasteiger charge is 2.73. The van der Waals surface area contributed by atoms with Crippen LogP contribution in [0.4, 0.5) is 30.7 Å². The van der Waals surface area contributed by atoms with Gasteiger partial charge in [-0.3, -0.25) is 0 Å². The average Bonchev–Trinajstić information content (AvgIpc) is 2.42. The first-order valence-corrected chi connectivity index (χ1v) is 6.11. The normalized spacial score (nSPS) is 13.8. The monoisotopic (exact) mass is 344 g/mol. The van der Waals surface area contributed by atoms with Crippen molar-refractivity contribution < 1.29 is 40.3 Å². The molecular formula is C14H11F7O2. The van der Waals surface area contributed by atoms with Gasteiger partial charge in [0.1, 0.15) is 6.61 Å². The molecule has 0 aliphatic rings. The second kappa shape index (κ2) is 6.59. The molecule has 0 bridgehead atoms. The first-order chi connectivity index (χ1) is 10.4. The van der Waals surface area contributed by atoms with Gasteiger partial charge in [-0.05, 0) is 18.1 Å². The minimum Gasteiger partial charge on any atom is -0.458 e. The van der Waals surface area contributed by atoms with Gasteiger partial charge in [-0.1, -0.05) is 30.3 Å². The smallest absolute Gasteiger partial charge is 0.435 e. The molecule has 23 heavy (non-hydrogen) atoms. The zero-order valence-corrected chi connectivity index (χ0v) is 11.6. The van der Waals surface area contributed by atoms with Gasteiger partial charge in [-0.15, -0.1) is 0 Å². The van der Waals surface area contributed by atoms with E-state index in [0.717, 1.165) is 0 Å². The van der Waals surface area contributed by atoms with Crippen molar-refractivity contribution in [3.63, 3.8) is 0 Å². The molecule has 0 atom stereocenters. The number of benzene rings is 1. The molecular weight excluding hydrogens is 333 g/mol. The maximum absolute atomic E-state index is 13.6. The van der Waals surface area contributed by atoms with Gasteiger partial charge in [0, 0.05) is 6.08 Å². The Morgan fingerprint density at radius 1 is 1.00 bits per heavy atom. The van der Waals surface area contributed by atoms with E-state index in [1.54, 1.807) is 18.2 Å². The maximum atomic E-state index is 13.6. The molecule has 1 rings (SSSR count). The fourth-order valence-electron chi connectivity index (χ4n) is 1.65. The third-order valence-electron chi connectivity index (χ3n) is 2.88. The molecule has 0 unspecified atom stereocenters. The van der Waals surface area contributed by atoms with E-state index >= 15 is 0 Å². The van der Waals surface area contributed by atoms with E-state index in [9.17, 15) is 35.5 Å². The molecule has 0 aromatic heterocycles. The minimum atomic E-state index is -6.26. The lowest BCUT2D eigenvalue weighted by Gasteiger charge is -2.30. The first kappa shape index (κ1) is 19.0. The fraction of sp³-hybridized carbons (Fsp3) is 0.357. The van der Waals surface area contributed by atoms with Crippen molar-refractivity contribution >= 4 is 5.97 Å².